The summed E-state index contributed by atoms with van der Waals surface area (Å²) >= 11 is 0. The van der Waals surface area contributed by atoms with E-state index in [1.165, 1.54) is 0 Å². The molecule has 0 bridgehead atoms. The minimum atomic E-state index is -0.451. The van der Waals surface area contributed by atoms with Gasteiger partial charge in [-0.15, -0.1) is 0 Å². The van der Waals surface area contributed by atoms with Gasteiger partial charge in [-0.2, -0.15) is 5.10 Å². The Balaban J connectivity index is 2.13. The largest absolute Gasteiger partial charge is 0.354 e. The van der Waals surface area contributed by atoms with Crippen molar-refractivity contribution in [2.75, 3.05) is 6.54 Å². The van der Waals surface area contributed by atoms with Crippen LogP contribution in [0.3, 0.4) is 0 Å². The van der Waals surface area contributed by atoms with Crippen molar-refractivity contribution in [1.82, 2.24) is 20.4 Å². The zero-order valence-corrected chi connectivity index (χ0v) is 13.2. The second kappa shape index (κ2) is 5.87. The Morgan fingerprint density at radius 2 is 2.14 bits per heavy atom. The van der Waals surface area contributed by atoms with Crippen LogP contribution in [0.15, 0.2) is 6.07 Å². The molecule has 0 aromatic carbocycles. The molecule has 2 heterocycles. The molecule has 116 valence electrons. The average Bonchev–Trinajstić information content (AvgIpc) is 2.68. The van der Waals surface area contributed by atoms with Crippen LogP contribution < -0.4 is 10.6 Å². The molecule has 1 saturated heterocycles. The van der Waals surface area contributed by atoms with E-state index in [1.54, 1.807) is 17.8 Å². The third-order valence-electron chi connectivity index (χ3n) is 3.72. The summed E-state index contributed by atoms with van der Waals surface area (Å²) in [5, 5.41) is 10.0. The maximum atomic E-state index is 12.4. The summed E-state index contributed by atoms with van der Waals surface area (Å²) in [6.45, 7) is 6.84. The highest BCUT2D eigenvalue weighted by Gasteiger charge is 2.26. The molecule has 0 spiro atoms. The molecule has 2 amide bonds. The number of carbonyl (C=O) groups is 2. The summed E-state index contributed by atoms with van der Waals surface area (Å²) < 4.78 is 1.57. The summed E-state index contributed by atoms with van der Waals surface area (Å²) in [4.78, 5) is 24.3. The molecule has 1 unspecified atom stereocenters. The first kappa shape index (κ1) is 15.5. The number of nitrogens with one attached hydrogen (secondary N) is 2. The van der Waals surface area contributed by atoms with Crippen LogP contribution in [0, 0.1) is 0 Å². The molecule has 1 atom stereocenters. The molecule has 6 heteroatoms. The number of nitrogens with zero attached hydrogens (tertiary/aromatic N) is 2. The molecule has 6 nitrogen and oxygen atoms in total. The van der Waals surface area contributed by atoms with Crippen LogP contribution in [0.25, 0.3) is 0 Å². The van der Waals surface area contributed by atoms with Gasteiger partial charge in [-0.05, 0) is 25.3 Å². The molecular weight excluding hydrogens is 268 g/mol. The fraction of sp³-hybridized carbons (Fsp3) is 0.667. The van der Waals surface area contributed by atoms with Gasteiger partial charge in [0.25, 0.3) is 5.91 Å². The van der Waals surface area contributed by atoms with Gasteiger partial charge in [0.2, 0.25) is 5.91 Å². The van der Waals surface area contributed by atoms with Crippen LogP contribution in [0.2, 0.25) is 0 Å². The Morgan fingerprint density at radius 3 is 2.76 bits per heavy atom. The van der Waals surface area contributed by atoms with Gasteiger partial charge in [-0.1, -0.05) is 20.8 Å². The number of carbonyl (C=O) groups excluding carboxylic acids is 2. The predicted octanol–water partition coefficient (Wildman–Crippen LogP) is 1.12. The predicted molar refractivity (Wildman–Crippen MR) is 80.0 cm³/mol. The third kappa shape index (κ3) is 3.62. The molecule has 21 heavy (non-hydrogen) atoms. The summed E-state index contributed by atoms with van der Waals surface area (Å²) in [6.07, 6.45) is 2.57. The standard InChI is InChI=1S/C15H24N4O2/c1-15(2,3)12-9-11(19(4)18-12)14(21)17-10-7-5-6-8-16-13(10)20/h9-10H,5-8H2,1-4H3,(H,16,20)(H,17,21). The highest BCUT2D eigenvalue weighted by Crippen LogP contribution is 2.21. The number of aryl methyl sites for hydroxylation is 1. The Bertz CT molecular complexity index is 542. The van der Waals surface area contributed by atoms with Crippen LogP contribution in [0.1, 0.15) is 56.2 Å². The van der Waals surface area contributed by atoms with E-state index in [9.17, 15) is 9.59 Å². The van der Waals surface area contributed by atoms with E-state index < -0.39 is 6.04 Å². The number of hydrogen-bond acceptors (Lipinski definition) is 3. The fourth-order valence-electron chi connectivity index (χ4n) is 2.36. The van der Waals surface area contributed by atoms with Gasteiger partial charge in [-0.3, -0.25) is 14.3 Å². The van der Waals surface area contributed by atoms with E-state index in [-0.39, 0.29) is 17.2 Å². The van der Waals surface area contributed by atoms with E-state index in [4.69, 9.17) is 0 Å². The van der Waals surface area contributed by atoms with Crippen molar-refractivity contribution < 1.29 is 9.59 Å². The molecule has 0 saturated carbocycles. The highest BCUT2D eigenvalue weighted by molar-refractivity contribution is 5.96. The van der Waals surface area contributed by atoms with Crippen molar-refractivity contribution in [2.24, 2.45) is 7.05 Å². The van der Waals surface area contributed by atoms with E-state index in [0.717, 1.165) is 18.5 Å². The molecule has 2 rings (SSSR count). The van der Waals surface area contributed by atoms with Crippen molar-refractivity contribution in [3.05, 3.63) is 17.5 Å². The summed E-state index contributed by atoms with van der Waals surface area (Å²) in [5.41, 5.74) is 1.23. The van der Waals surface area contributed by atoms with Crippen molar-refractivity contribution >= 4 is 11.8 Å². The third-order valence-corrected chi connectivity index (χ3v) is 3.72. The number of aromatic nitrogens is 2. The minimum absolute atomic E-state index is 0.0981. The molecule has 1 aliphatic heterocycles. The van der Waals surface area contributed by atoms with Gasteiger partial charge >= 0.3 is 0 Å². The summed E-state index contributed by atoms with van der Waals surface area (Å²) in [6, 6.07) is 1.34. The fourth-order valence-corrected chi connectivity index (χ4v) is 2.36. The SMILES string of the molecule is Cn1nc(C(C)(C)C)cc1C(=O)NC1CCCCNC1=O. The lowest BCUT2D eigenvalue weighted by Crippen LogP contribution is -2.45. The Kier molecular flexibility index (Phi) is 4.34. The topological polar surface area (TPSA) is 76.0 Å². The summed E-state index contributed by atoms with van der Waals surface area (Å²) in [5.74, 6) is -0.346. The number of hydrogen-bond donors (Lipinski definition) is 2. The molecule has 0 aliphatic carbocycles. The van der Waals surface area contributed by atoms with Gasteiger partial charge in [0.1, 0.15) is 11.7 Å². The van der Waals surface area contributed by atoms with E-state index in [0.29, 0.717) is 18.7 Å². The average molecular weight is 292 g/mol. The quantitative estimate of drug-likeness (QED) is 0.857. The van der Waals surface area contributed by atoms with Crippen LogP contribution in [-0.4, -0.2) is 34.2 Å². The van der Waals surface area contributed by atoms with Gasteiger partial charge in [-0.25, -0.2) is 0 Å². The molecular formula is C15H24N4O2. The van der Waals surface area contributed by atoms with E-state index in [2.05, 4.69) is 36.5 Å². The molecule has 2 N–H and O–H groups in total. The van der Waals surface area contributed by atoms with E-state index in [1.807, 2.05) is 0 Å². The van der Waals surface area contributed by atoms with Gasteiger partial charge in [0.05, 0.1) is 5.69 Å². The lowest BCUT2D eigenvalue weighted by molar-refractivity contribution is -0.122. The molecule has 1 aromatic heterocycles. The number of amides is 2. The molecule has 1 fully saturated rings. The first-order valence-corrected chi connectivity index (χ1v) is 7.42. The first-order valence-electron chi connectivity index (χ1n) is 7.42. The first-order chi connectivity index (χ1) is 9.79. The lowest BCUT2D eigenvalue weighted by Gasteiger charge is -2.15. The monoisotopic (exact) mass is 292 g/mol. The lowest BCUT2D eigenvalue weighted by atomic mass is 9.92. The Hall–Kier alpha value is -1.85. The van der Waals surface area contributed by atoms with Crippen molar-refractivity contribution in [3.63, 3.8) is 0 Å². The van der Waals surface area contributed by atoms with Gasteiger partial charge in [0.15, 0.2) is 0 Å². The van der Waals surface area contributed by atoms with Crippen LogP contribution in [-0.2, 0) is 17.3 Å². The zero-order chi connectivity index (χ0) is 15.6. The molecule has 0 radical (unpaired) electrons. The van der Waals surface area contributed by atoms with Crippen LogP contribution >= 0.6 is 0 Å². The van der Waals surface area contributed by atoms with Crippen LogP contribution in [0.5, 0.6) is 0 Å². The van der Waals surface area contributed by atoms with E-state index >= 15 is 0 Å². The Labute approximate surface area is 125 Å². The van der Waals surface area contributed by atoms with Crippen molar-refractivity contribution in [3.8, 4) is 0 Å². The summed E-state index contributed by atoms with van der Waals surface area (Å²) in [7, 11) is 1.75. The van der Waals surface area contributed by atoms with Crippen molar-refractivity contribution in [2.45, 2.75) is 51.5 Å². The minimum Gasteiger partial charge on any atom is -0.354 e. The molecule has 1 aliphatic rings. The number of rotatable bonds is 2. The molecule has 1 aromatic rings. The second-order valence-electron chi connectivity index (χ2n) is 6.60. The Morgan fingerprint density at radius 1 is 1.43 bits per heavy atom. The second-order valence-corrected chi connectivity index (χ2v) is 6.60. The van der Waals surface area contributed by atoms with Gasteiger partial charge in [0, 0.05) is 19.0 Å². The zero-order valence-electron chi connectivity index (χ0n) is 13.2. The maximum absolute atomic E-state index is 12.4. The maximum Gasteiger partial charge on any atom is 0.270 e. The highest BCUT2D eigenvalue weighted by atomic mass is 16.2. The van der Waals surface area contributed by atoms with Gasteiger partial charge < -0.3 is 10.6 Å². The van der Waals surface area contributed by atoms with Crippen LogP contribution in [0.4, 0.5) is 0 Å². The smallest absolute Gasteiger partial charge is 0.270 e. The van der Waals surface area contributed by atoms with Crippen molar-refractivity contribution in [1.29, 1.82) is 0 Å². The normalized spacial score (nSPS) is 19.8.